The molecule has 0 spiro atoms. The van der Waals surface area contributed by atoms with Crippen molar-refractivity contribution in [2.45, 2.75) is 23.4 Å². The van der Waals surface area contributed by atoms with Crippen molar-refractivity contribution < 1.29 is 0 Å². The lowest BCUT2D eigenvalue weighted by molar-refractivity contribution is 0.766. The zero-order valence-corrected chi connectivity index (χ0v) is 11.7. The minimum absolute atomic E-state index is 0.190. The smallest absolute Gasteiger partial charge is 0.228 e. The summed E-state index contributed by atoms with van der Waals surface area (Å²) in [6.07, 6.45) is 4.64. The Morgan fingerprint density at radius 3 is 2.89 bits per heavy atom. The molecule has 0 atom stereocenters. The van der Waals surface area contributed by atoms with Crippen molar-refractivity contribution in [1.29, 1.82) is 0 Å². The molecule has 0 aromatic carbocycles. The largest absolute Gasteiger partial charge is 0.354 e. The Kier molecular flexibility index (Phi) is 4.38. The van der Waals surface area contributed by atoms with Crippen LogP contribution in [0.25, 0.3) is 0 Å². The third-order valence-electron chi connectivity index (χ3n) is 2.01. The van der Waals surface area contributed by atoms with Gasteiger partial charge in [0.1, 0.15) is 0 Å². The number of rotatable bonds is 5. The Hall–Kier alpha value is -1.34. The molecule has 2 aromatic heterocycles. The molecule has 0 aliphatic carbocycles. The molecule has 0 bridgehead atoms. The fourth-order valence-electron chi connectivity index (χ4n) is 1.25. The fourth-order valence-corrected chi connectivity index (χ4v) is 2.24. The maximum atomic E-state index is 5.86. The molecule has 0 saturated carbocycles. The van der Waals surface area contributed by atoms with E-state index in [4.69, 9.17) is 11.6 Å². The first-order valence-electron chi connectivity index (χ1n) is 5.49. The van der Waals surface area contributed by atoms with Gasteiger partial charge in [-0.3, -0.25) is 4.68 Å². The van der Waals surface area contributed by atoms with E-state index in [1.54, 1.807) is 10.9 Å². The number of halogens is 1. The van der Waals surface area contributed by atoms with Crippen LogP contribution in [0, 0.1) is 0 Å². The van der Waals surface area contributed by atoms with Gasteiger partial charge in [-0.05, 0) is 29.8 Å². The first-order valence-corrected chi connectivity index (χ1v) is 6.68. The van der Waals surface area contributed by atoms with E-state index in [1.165, 1.54) is 11.8 Å². The summed E-state index contributed by atoms with van der Waals surface area (Å²) in [5, 5.41) is 7.92. The Morgan fingerprint density at radius 1 is 1.39 bits per heavy atom. The van der Waals surface area contributed by atoms with Gasteiger partial charge in [-0.1, -0.05) is 6.92 Å². The molecule has 2 heterocycles. The van der Waals surface area contributed by atoms with Crippen molar-refractivity contribution in [2.75, 3.05) is 11.9 Å². The highest BCUT2D eigenvalue weighted by molar-refractivity contribution is 7.99. The number of aryl methyl sites for hydroxylation is 1. The molecule has 1 N–H and O–H groups in total. The van der Waals surface area contributed by atoms with Gasteiger partial charge < -0.3 is 5.32 Å². The summed E-state index contributed by atoms with van der Waals surface area (Å²) in [5.41, 5.74) is 0. The van der Waals surface area contributed by atoms with Gasteiger partial charge in [-0.15, -0.1) is 0 Å². The molecular formula is C10H13ClN6S. The molecule has 0 radical (unpaired) electrons. The number of hydrogen-bond acceptors (Lipinski definition) is 6. The van der Waals surface area contributed by atoms with Crippen molar-refractivity contribution in [3.8, 4) is 0 Å². The van der Waals surface area contributed by atoms with Gasteiger partial charge in [0.2, 0.25) is 11.2 Å². The lowest BCUT2D eigenvalue weighted by Gasteiger charge is -2.04. The molecule has 0 aliphatic rings. The second-order valence-electron chi connectivity index (χ2n) is 3.59. The van der Waals surface area contributed by atoms with E-state index in [-0.39, 0.29) is 5.28 Å². The molecule has 0 aliphatic heterocycles. The molecule has 2 aromatic rings. The van der Waals surface area contributed by atoms with Crippen LogP contribution in [-0.2, 0) is 7.05 Å². The summed E-state index contributed by atoms with van der Waals surface area (Å²) in [7, 11) is 1.86. The number of nitrogens with zero attached hydrogens (tertiary/aromatic N) is 5. The summed E-state index contributed by atoms with van der Waals surface area (Å²) in [4.78, 5) is 13.3. The molecule has 0 saturated heterocycles. The van der Waals surface area contributed by atoms with E-state index in [9.17, 15) is 0 Å². The summed E-state index contributed by atoms with van der Waals surface area (Å²) >= 11 is 7.26. The SMILES string of the molecule is CCCNc1nc(Cl)nc(Sc2cnn(C)c2)n1. The quantitative estimate of drug-likeness (QED) is 0.908. The Balaban J connectivity index is 2.14. The lowest BCUT2D eigenvalue weighted by Crippen LogP contribution is -2.06. The molecule has 8 heteroatoms. The number of aromatic nitrogens is 5. The first kappa shape index (κ1) is 13.1. The highest BCUT2D eigenvalue weighted by Crippen LogP contribution is 2.25. The predicted octanol–water partition coefficient (Wildman–Crippen LogP) is 2.23. The van der Waals surface area contributed by atoms with Gasteiger partial charge in [0.25, 0.3) is 0 Å². The van der Waals surface area contributed by atoms with Crippen molar-refractivity contribution in [1.82, 2.24) is 24.7 Å². The van der Waals surface area contributed by atoms with Gasteiger partial charge in [0, 0.05) is 19.8 Å². The van der Waals surface area contributed by atoms with E-state index in [0.717, 1.165) is 17.9 Å². The highest BCUT2D eigenvalue weighted by Gasteiger charge is 2.07. The van der Waals surface area contributed by atoms with Crippen LogP contribution in [0.15, 0.2) is 22.4 Å². The summed E-state index contributed by atoms with van der Waals surface area (Å²) < 4.78 is 1.72. The number of hydrogen-bond donors (Lipinski definition) is 1. The maximum Gasteiger partial charge on any atom is 0.228 e. The molecule has 2 rings (SSSR count). The summed E-state index contributed by atoms with van der Waals surface area (Å²) in [6, 6.07) is 0. The highest BCUT2D eigenvalue weighted by atomic mass is 35.5. The lowest BCUT2D eigenvalue weighted by atomic mass is 10.5. The second kappa shape index (κ2) is 6.01. The third-order valence-corrected chi connectivity index (χ3v) is 2.99. The predicted molar refractivity (Wildman–Crippen MR) is 70.9 cm³/mol. The fraction of sp³-hybridized carbons (Fsp3) is 0.400. The van der Waals surface area contributed by atoms with Crippen LogP contribution in [0.5, 0.6) is 0 Å². The summed E-state index contributed by atoms with van der Waals surface area (Å²) in [5.74, 6) is 0.503. The molecule has 0 amide bonds. The standard InChI is InChI=1S/C10H13ClN6S/c1-3-4-12-9-14-8(11)15-10(16-9)18-7-5-13-17(2)6-7/h5-6H,3-4H2,1-2H3,(H,12,14,15,16). The van der Waals surface area contributed by atoms with Gasteiger partial charge in [0.05, 0.1) is 11.1 Å². The van der Waals surface area contributed by atoms with Crippen molar-refractivity contribution in [3.05, 3.63) is 17.7 Å². The van der Waals surface area contributed by atoms with Gasteiger partial charge in [0.15, 0.2) is 5.16 Å². The average Bonchev–Trinajstić information content (AvgIpc) is 2.71. The minimum Gasteiger partial charge on any atom is -0.354 e. The zero-order valence-electron chi connectivity index (χ0n) is 10.1. The molecule has 18 heavy (non-hydrogen) atoms. The molecule has 0 fully saturated rings. The molecule has 0 unspecified atom stereocenters. The van der Waals surface area contributed by atoms with Crippen LogP contribution in [0.2, 0.25) is 5.28 Å². The average molecular weight is 285 g/mol. The normalized spacial score (nSPS) is 10.6. The first-order chi connectivity index (χ1) is 8.67. The van der Waals surface area contributed by atoms with E-state index < -0.39 is 0 Å². The summed E-state index contributed by atoms with van der Waals surface area (Å²) in [6.45, 7) is 2.87. The second-order valence-corrected chi connectivity index (χ2v) is 4.97. The Bertz CT molecular complexity index is 529. The maximum absolute atomic E-state index is 5.86. The molecular weight excluding hydrogens is 272 g/mol. The van der Waals surface area contributed by atoms with Crippen LogP contribution in [-0.4, -0.2) is 31.3 Å². The van der Waals surface area contributed by atoms with Gasteiger partial charge in [-0.25, -0.2) is 0 Å². The van der Waals surface area contributed by atoms with Crippen molar-refractivity contribution in [3.63, 3.8) is 0 Å². The number of nitrogens with one attached hydrogen (secondary N) is 1. The van der Waals surface area contributed by atoms with E-state index in [2.05, 4.69) is 32.3 Å². The van der Waals surface area contributed by atoms with Crippen LogP contribution >= 0.6 is 23.4 Å². The topological polar surface area (TPSA) is 68.5 Å². The minimum atomic E-state index is 0.190. The Labute approximate surface area is 114 Å². The zero-order chi connectivity index (χ0) is 13.0. The van der Waals surface area contributed by atoms with E-state index >= 15 is 0 Å². The van der Waals surface area contributed by atoms with Crippen LogP contribution in [0.4, 0.5) is 5.95 Å². The number of anilines is 1. The third kappa shape index (κ3) is 3.58. The van der Waals surface area contributed by atoms with Crippen molar-refractivity contribution in [2.24, 2.45) is 7.05 Å². The van der Waals surface area contributed by atoms with Crippen LogP contribution in [0.3, 0.4) is 0 Å². The van der Waals surface area contributed by atoms with E-state index in [1.807, 2.05) is 13.2 Å². The Morgan fingerprint density at radius 2 is 2.22 bits per heavy atom. The van der Waals surface area contributed by atoms with Gasteiger partial charge >= 0.3 is 0 Å². The van der Waals surface area contributed by atoms with E-state index in [0.29, 0.717) is 11.1 Å². The van der Waals surface area contributed by atoms with Crippen molar-refractivity contribution >= 4 is 29.3 Å². The molecule has 96 valence electrons. The van der Waals surface area contributed by atoms with Crippen LogP contribution in [0.1, 0.15) is 13.3 Å². The monoisotopic (exact) mass is 284 g/mol. The molecule has 6 nitrogen and oxygen atoms in total. The van der Waals surface area contributed by atoms with Gasteiger partial charge in [-0.2, -0.15) is 20.1 Å². The van der Waals surface area contributed by atoms with Crippen LogP contribution < -0.4 is 5.32 Å².